The van der Waals surface area contributed by atoms with Gasteiger partial charge in [-0.1, -0.05) is 11.6 Å². The van der Waals surface area contributed by atoms with Crippen molar-refractivity contribution in [3.63, 3.8) is 0 Å². The molecule has 0 radical (unpaired) electrons. The van der Waals surface area contributed by atoms with E-state index < -0.39 is 0 Å². The van der Waals surface area contributed by atoms with E-state index in [9.17, 15) is 5.11 Å². The van der Waals surface area contributed by atoms with Crippen LogP contribution < -0.4 is 5.32 Å². The Morgan fingerprint density at radius 3 is 2.81 bits per heavy atom. The first kappa shape index (κ1) is 10.9. The summed E-state index contributed by atoms with van der Waals surface area (Å²) in [5.74, 6) is 0.932. The molecule has 2 rings (SSSR count). The summed E-state index contributed by atoms with van der Waals surface area (Å²) in [6.07, 6.45) is 1.64. The SMILES string of the molecule is CC(Nc1ccc(O)c(Cl)c1)c1ccco1. The van der Waals surface area contributed by atoms with Crippen molar-refractivity contribution < 1.29 is 9.52 Å². The maximum absolute atomic E-state index is 9.28. The second kappa shape index (κ2) is 4.49. The lowest BCUT2D eigenvalue weighted by molar-refractivity contribution is 0.475. The van der Waals surface area contributed by atoms with Gasteiger partial charge in [0.1, 0.15) is 11.5 Å². The first-order valence-electron chi connectivity index (χ1n) is 4.95. The zero-order valence-electron chi connectivity index (χ0n) is 8.77. The van der Waals surface area contributed by atoms with Gasteiger partial charge >= 0.3 is 0 Å². The van der Waals surface area contributed by atoms with Crippen molar-refractivity contribution >= 4 is 17.3 Å². The average Bonchev–Trinajstić information content (AvgIpc) is 2.77. The van der Waals surface area contributed by atoms with Gasteiger partial charge in [-0.05, 0) is 37.3 Å². The standard InChI is InChI=1S/C12H12ClNO2/c1-8(12-3-2-6-16-12)14-9-4-5-11(15)10(13)7-9/h2-8,14-15H,1H3. The average molecular weight is 238 g/mol. The molecule has 0 aliphatic carbocycles. The molecule has 1 unspecified atom stereocenters. The van der Waals surface area contributed by atoms with Crippen LogP contribution in [0.5, 0.6) is 5.75 Å². The van der Waals surface area contributed by atoms with Gasteiger partial charge in [0.25, 0.3) is 0 Å². The number of furan rings is 1. The minimum absolute atomic E-state index is 0.0515. The molecule has 1 heterocycles. The predicted molar refractivity (Wildman–Crippen MR) is 63.9 cm³/mol. The van der Waals surface area contributed by atoms with Gasteiger partial charge in [-0.3, -0.25) is 0 Å². The highest BCUT2D eigenvalue weighted by molar-refractivity contribution is 6.32. The van der Waals surface area contributed by atoms with Crippen LogP contribution in [0.25, 0.3) is 0 Å². The van der Waals surface area contributed by atoms with Crippen LogP contribution in [0, 0.1) is 0 Å². The van der Waals surface area contributed by atoms with E-state index in [2.05, 4.69) is 5.32 Å². The Hall–Kier alpha value is -1.61. The van der Waals surface area contributed by atoms with Crippen molar-refractivity contribution in [2.75, 3.05) is 5.32 Å². The number of phenols is 1. The summed E-state index contributed by atoms with van der Waals surface area (Å²) < 4.78 is 5.28. The number of benzene rings is 1. The summed E-state index contributed by atoms with van der Waals surface area (Å²) in [5, 5.41) is 12.8. The van der Waals surface area contributed by atoms with Crippen molar-refractivity contribution in [3.05, 3.63) is 47.4 Å². The van der Waals surface area contributed by atoms with E-state index in [0.29, 0.717) is 5.02 Å². The molecule has 0 bridgehead atoms. The number of hydrogen-bond donors (Lipinski definition) is 2. The zero-order valence-corrected chi connectivity index (χ0v) is 9.53. The van der Waals surface area contributed by atoms with Gasteiger partial charge in [0.15, 0.2) is 0 Å². The Bertz CT molecular complexity index is 468. The van der Waals surface area contributed by atoms with E-state index in [-0.39, 0.29) is 11.8 Å². The number of rotatable bonds is 3. The molecule has 2 aromatic rings. The number of phenolic OH excluding ortho intramolecular Hbond substituents is 1. The third kappa shape index (κ3) is 2.31. The maximum Gasteiger partial charge on any atom is 0.134 e. The van der Waals surface area contributed by atoms with Gasteiger partial charge in [-0.25, -0.2) is 0 Å². The minimum atomic E-state index is 0.0515. The van der Waals surface area contributed by atoms with Crippen molar-refractivity contribution in [1.82, 2.24) is 0 Å². The van der Waals surface area contributed by atoms with Gasteiger partial charge in [-0.15, -0.1) is 0 Å². The summed E-state index contributed by atoms with van der Waals surface area (Å²) in [7, 11) is 0. The molecule has 1 aromatic carbocycles. The fourth-order valence-corrected chi connectivity index (χ4v) is 1.64. The lowest BCUT2D eigenvalue weighted by atomic mass is 10.2. The van der Waals surface area contributed by atoms with Gasteiger partial charge in [0, 0.05) is 5.69 Å². The first-order chi connectivity index (χ1) is 7.66. The fourth-order valence-electron chi connectivity index (χ4n) is 1.46. The number of aromatic hydroxyl groups is 1. The molecule has 0 saturated heterocycles. The van der Waals surface area contributed by atoms with E-state index in [1.165, 1.54) is 0 Å². The van der Waals surface area contributed by atoms with Crippen LogP contribution in [0.1, 0.15) is 18.7 Å². The second-order valence-electron chi connectivity index (χ2n) is 3.55. The van der Waals surface area contributed by atoms with Crippen LogP contribution in [-0.4, -0.2) is 5.11 Å². The van der Waals surface area contributed by atoms with Gasteiger partial charge in [0.2, 0.25) is 0 Å². The van der Waals surface area contributed by atoms with E-state index in [4.69, 9.17) is 16.0 Å². The Morgan fingerprint density at radius 2 is 2.19 bits per heavy atom. The Labute approximate surface area is 98.7 Å². The number of anilines is 1. The van der Waals surface area contributed by atoms with Gasteiger partial charge in [0.05, 0.1) is 17.3 Å². The van der Waals surface area contributed by atoms with Crippen LogP contribution in [0.4, 0.5) is 5.69 Å². The van der Waals surface area contributed by atoms with Crippen LogP contribution in [0.2, 0.25) is 5.02 Å². The molecule has 0 aliphatic rings. The minimum Gasteiger partial charge on any atom is -0.506 e. The van der Waals surface area contributed by atoms with E-state index >= 15 is 0 Å². The normalized spacial score (nSPS) is 12.4. The molecule has 2 N–H and O–H groups in total. The van der Waals surface area contributed by atoms with E-state index in [0.717, 1.165) is 11.4 Å². The molecular weight excluding hydrogens is 226 g/mol. The summed E-state index contributed by atoms with van der Waals surface area (Å²) in [6.45, 7) is 1.99. The third-order valence-electron chi connectivity index (χ3n) is 2.30. The van der Waals surface area contributed by atoms with Crippen LogP contribution >= 0.6 is 11.6 Å². The van der Waals surface area contributed by atoms with E-state index in [1.54, 1.807) is 24.5 Å². The predicted octanol–water partition coefficient (Wildman–Crippen LogP) is 3.81. The van der Waals surface area contributed by atoms with Crippen LogP contribution in [0.15, 0.2) is 41.0 Å². The van der Waals surface area contributed by atoms with Gasteiger partial charge in [-0.2, -0.15) is 0 Å². The molecule has 0 amide bonds. The summed E-state index contributed by atoms with van der Waals surface area (Å²) in [5.41, 5.74) is 0.840. The third-order valence-corrected chi connectivity index (χ3v) is 2.60. The molecule has 0 spiro atoms. The van der Waals surface area contributed by atoms with Crippen molar-refractivity contribution in [2.24, 2.45) is 0 Å². The highest BCUT2D eigenvalue weighted by Crippen LogP contribution is 2.28. The molecule has 0 aliphatic heterocycles. The zero-order chi connectivity index (χ0) is 11.5. The van der Waals surface area contributed by atoms with Crippen LogP contribution in [-0.2, 0) is 0 Å². The highest BCUT2D eigenvalue weighted by atomic mass is 35.5. The topological polar surface area (TPSA) is 45.4 Å². The summed E-state index contributed by atoms with van der Waals surface area (Å²) in [6, 6.07) is 8.80. The molecule has 84 valence electrons. The molecule has 1 atom stereocenters. The lowest BCUT2D eigenvalue weighted by Crippen LogP contribution is -2.05. The summed E-state index contributed by atoms with van der Waals surface area (Å²) >= 11 is 5.81. The lowest BCUT2D eigenvalue weighted by Gasteiger charge is -2.13. The number of nitrogens with one attached hydrogen (secondary N) is 1. The number of halogens is 1. The van der Waals surface area contributed by atoms with Gasteiger partial charge < -0.3 is 14.8 Å². The van der Waals surface area contributed by atoms with Crippen molar-refractivity contribution in [2.45, 2.75) is 13.0 Å². The first-order valence-corrected chi connectivity index (χ1v) is 5.33. The highest BCUT2D eigenvalue weighted by Gasteiger charge is 2.08. The Kier molecular flexibility index (Phi) is 3.06. The monoisotopic (exact) mass is 237 g/mol. The summed E-state index contributed by atoms with van der Waals surface area (Å²) in [4.78, 5) is 0. The molecule has 16 heavy (non-hydrogen) atoms. The fraction of sp³-hybridized carbons (Fsp3) is 0.167. The molecule has 3 nitrogen and oxygen atoms in total. The molecule has 4 heteroatoms. The van der Waals surface area contributed by atoms with E-state index in [1.807, 2.05) is 19.1 Å². The maximum atomic E-state index is 9.28. The molecule has 1 aromatic heterocycles. The number of hydrogen-bond acceptors (Lipinski definition) is 3. The molecular formula is C12H12ClNO2. The Balaban J connectivity index is 2.12. The Morgan fingerprint density at radius 1 is 1.38 bits per heavy atom. The largest absolute Gasteiger partial charge is 0.506 e. The van der Waals surface area contributed by atoms with Crippen molar-refractivity contribution in [1.29, 1.82) is 0 Å². The quantitative estimate of drug-likeness (QED) is 0.798. The van der Waals surface area contributed by atoms with Crippen molar-refractivity contribution in [3.8, 4) is 5.75 Å². The molecule has 0 fully saturated rings. The van der Waals surface area contributed by atoms with Crippen LogP contribution in [0.3, 0.4) is 0 Å². The smallest absolute Gasteiger partial charge is 0.134 e. The molecule has 0 saturated carbocycles. The second-order valence-corrected chi connectivity index (χ2v) is 3.95.